The van der Waals surface area contributed by atoms with Crippen LogP contribution in [0.5, 0.6) is 0 Å². The Balaban J connectivity index is 1.66. The summed E-state index contributed by atoms with van der Waals surface area (Å²) < 4.78 is 1.46. The molecule has 4 rings (SSSR count). The van der Waals surface area contributed by atoms with Crippen molar-refractivity contribution in [1.29, 1.82) is 0 Å². The fourth-order valence-electron chi connectivity index (χ4n) is 4.25. The summed E-state index contributed by atoms with van der Waals surface area (Å²) in [5.41, 5.74) is 10.8. The van der Waals surface area contributed by atoms with Gasteiger partial charge >= 0.3 is 6.09 Å². The lowest BCUT2D eigenvalue weighted by molar-refractivity contribution is 0.0851. The van der Waals surface area contributed by atoms with Crippen LogP contribution in [0.3, 0.4) is 0 Å². The molecule has 2 unspecified atom stereocenters. The highest BCUT2D eigenvalue weighted by Gasteiger charge is 2.33. The molecule has 2 heterocycles. The lowest BCUT2D eigenvalue weighted by Crippen LogP contribution is -2.38. The summed E-state index contributed by atoms with van der Waals surface area (Å²) in [6, 6.07) is 5.79. The third kappa shape index (κ3) is 3.01. The smallest absolute Gasteiger partial charge is 0.404 e. The van der Waals surface area contributed by atoms with Gasteiger partial charge in [-0.2, -0.15) is 0 Å². The molecular formula is C19H23N5O3. The number of nitrogens with two attached hydrogens (primary N) is 1. The van der Waals surface area contributed by atoms with E-state index in [2.05, 4.69) is 15.7 Å². The summed E-state index contributed by atoms with van der Waals surface area (Å²) in [7, 11) is 0. The van der Waals surface area contributed by atoms with Gasteiger partial charge in [0.1, 0.15) is 5.82 Å². The zero-order valence-electron chi connectivity index (χ0n) is 15.2. The SMILES string of the molecule is Cc1cccc2c1NCCC2C(=O)n1nc(N)c2c1CCC(NC(=O)O)C2. The molecular weight excluding hydrogens is 346 g/mol. The number of nitrogens with zero attached hydrogens (tertiary/aromatic N) is 2. The molecule has 0 fully saturated rings. The number of hydrogen-bond donors (Lipinski definition) is 4. The van der Waals surface area contributed by atoms with E-state index in [9.17, 15) is 9.59 Å². The first-order valence-electron chi connectivity index (χ1n) is 9.19. The van der Waals surface area contributed by atoms with Crippen LogP contribution >= 0.6 is 0 Å². The Kier molecular flexibility index (Phi) is 4.25. The summed E-state index contributed by atoms with van der Waals surface area (Å²) in [5.74, 6) is -0.0194. The summed E-state index contributed by atoms with van der Waals surface area (Å²) in [4.78, 5) is 24.2. The van der Waals surface area contributed by atoms with Gasteiger partial charge in [-0.05, 0) is 43.7 Å². The number of hydrogen-bond acceptors (Lipinski definition) is 5. The third-order valence-corrected chi connectivity index (χ3v) is 5.55. The maximum atomic E-state index is 13.3. The van der Waals surface area contributed by atoms with Crippen LogP contribution in [0, 0.1) is 6.92 Å². The van der Waals surface area contributed by atoms with Crippen LogP contribution in [0.25, 0.3) is 0 Å². The van der Waals surface area contributed by atoms with Crippen molar-refractivity contribution in [2.24, 2.45) is 0 Å². The largest absolute Gasteiger partial charge is 0.465 e. The van der Waals surface area contributed by atoms with Gasteiger partial charge in [-0.1, -0.05) is 18.2 Å². The van der Waals surface area contributed by atoms with E-state index < -0.39 is 6.09 Å². The molecule has 1 aromatic heterocycles. The highest BCUT2D eigenvalue weighted by atomic mass is 16.4. The Bertz CT molecular complexity index is 920. The van der Waals surface area contributed by atoms with Crippen molar-refractivity contribution < 1.29 is 14.7 Å². The molecule has 1 aliphatic carbocycles. The first-order valence-corrected chi connectivity index (χ1v) is 9.19. The van der Waals surface area contributed by atoms with Gasteiger partial charge in [-0.15, -0.1) is 5.10 Å². The Morgan fingerprint density at radius 2 is 2.19 bits per heavy atom. The summed E-state index contributed by atoms with van der Waals surface area (Å²) in [5, 5.41) is 19.2. The van der Waals surface area contributed by atoms with E-state index in [0.29, 0.717) is 31.5 Å². The lowest BCUT2D eigenvalue weighted by Gasteiger charge is -2.28. The van der Waals surface area contributed by atoms with E-state index in [4.69, 9.17) is 10.8 Å². The van der Waals surface area contributed by atoms with Crippen LogP contribution < -0.4 is 16.4 Å². The van der Waals surface area contributed by atoms with Crippen LogP contribution in [0.4, 0.5) is 16.3 Å². The van der Waals surface area contributed by atoms with E-state index in [-0.39, 0.29) is 17.9 Å². The van der Waals surface area contributed by atoms with Gasteiger partial charge in [0.25, 0.3) is 5.91 Å². The van der Waals surface area contributed by atoms with Crippen LogP contribution in [-0.2, 0) is 12.8 Å². The second-order valence-electron chi connectivity index (χ2n) is 7.26. The highest BCUT2D eigenvalue weighted by molar-refractivity contribution is 5.89. The van der Waals surface area contributed by atoms with E-state index in [1.165, 1.54) is 4.68 Å². The van der Waals surface area contributed by atoms with Crippen molar-refractivity contribution in [3.8, 4) is 0 Å². The molecule has 0 bridgehead atoms. The van der Waals surface area contributed by atoms with E-state index in [0.717, 1.165) is 34.6 Å². The Morgan fingerprint density at radius 3 is 2.96 bits per heavy atom. The molecule has 2 aromatic rings. The molecule has 0 saturated heterocycles. The summed E-state index contributed by atoms with van der Waals surface area (Å²) in [6.07, 6.45) is 1.31. The fraction of sp³-hybridized carbons (Fsp3) is 0.421. The number of carbonyl (C=O) groups excluding carboxylic acids is 1. The molecule has 0 saturated carbocycles. The monoisotopic (exact) mass is 369 g/mol. The Morgan fingerprint density at radius 1 is 1.37 bits per heavy atom. The minimum atomic E-state index is -1.05. The van der Waals surface area contributed by atoms with E-state index in [1.54, 1.807) is 0 Å². The molecule has 2 aliphatic rings. The quantitative estimate of drug-likeness (QED) is 0.643. The number of amides is 1. The van der Waals surface area contributed by atoms with Crippen LogP contribution in [0.2, 0.25) is 0 Å². The third-order valence-electron chi connectivity index (χ3n) is 5.55. The average molecular weight is 369 g/mol. The molecule has 5 N–H and O–H groups in total. The van der Waals surface area contributed by atoms with Crippen LogP contribution in [0.1, 0.15) is 45.9 Å². The number of nitrogen functional groups attached to an aromatic ring is 1. The van der Waals surface area contributed by atoms with Gasteiger partial charge in [0, 0.05) is 23.8 Å². The van der Waals surface area contributed by atoms with Crippen molar-refractivity contribution in [3.05, 3.63) is 40.6 Å². The number of carbonyl (C=O) groups is 2. The second-order valence-corrected chi connectivity index (χ2v) is 7.26. The molecule has 0 radical (unpaired) electrons. The summed E-state index contributed by atoms with van der Waals surface area (Å²) >= 11 is 0. The topological polar surface area (TPSA) is 122 Å². The molecule has 142 valence electrons. The van der Waals surface area contributed by atoms with Gasteiger partial charge in [-0.25, -0.2) is 9.48 Å². The molecule has 1 amide bonds. The van der Waals surface area contributed by atoms with Crippen LogP contribution in [0.15, 0.2) is 18.2 Å². The second kappa shape index (κ2) is 6.61. The van der Waals surface area contributed by atoms with E-state index >= 15 is 0 Å². The normalized spacial score (nSPS) is 20.9. The maximum absolute atomic E-state index is 13.3. The van der Waals surface area contributed by atoms with Crippen LogP contribution in [-0.4, -0.2) is 39.5 Å². The van der Waals surface area contributed by atoms with Gasteiger partial charge in [0.15, 0.2) is 0 Å². The zero-order valence-corrected chi connectivity index (χ0v) is 15.2. The van der Waals surface area contributed by atoms with Gasteiger partial charge in [0.2, 0.25) is 0 Å². The maximum Gasteiger partial charge on any atom is 0.404 e. The average Bonchev–Trinajstić information content (AvgIpc) is 2.97. The molecule has 8 nitrogen and oxygen atoms in total. The van der Waals surface area contributed by atoms with Gasteiger partial charge in [-0.3, -0.25) is 4.79 Å². The van der Waals surface area contributed by atoms with Crippen molar-refractivity contribution >= 4 is 23.5 Å². The van der Waals surface area contributed by atoms with Crippen molar-refractivity contribution in [2.75, 3.05) is 17.6 Å². The lowest BCUT2D eigenvalue weighted by atomic mass is 9.88. The molecule has 1 aromatic carbocycles. The predicted molar refractivity (Wildman–Crippen MR) is 101 cm³/mol. The molecule has 8 heteroatoms. The Labute approximate surface area is 156 Å². The number of para-hydroxylation sites is 1. The molecule has 0 spiro atoms. The standard InChI is InChI=1S/C19H23N5O3/c1-10-3-2-4-12-13(7-8-21-16(10)12)18(25)24-15-6-5-11(22-19(26)27)9-14(15)17(20)23-24/h2-4,11,13,21-22H,5-9H2,1H3,(H2,20,23)(H,26,27). The number of aromatic nitrogens is 2. The number of benzene rings is 1. The van der Waals surface area contributed by atoms with Crippen molar-refractivity contribution in [1.82, 2.24) is 15.1 Å². The number of fused-ring (bicyclic) bond motifs is 2. The first-order chi connectivity index (χ1) is 13.0. The van der Waals surface area contributed by atoms with Gasteiger partial charge in [0.05, 0.1) is 11.6 Å². The molecule has 27 heavy (non-hydrogen) atoms. The minimum absolute atomic E-state index is 0.0686. The first kappa shape index (κ1) is 17.4. The van der Waals surface area contributed by atoms with Crippen molar-refractivity contribution in [2.45, 2.75) is 44.6 Å². The Hall–Kier alpha value is -3.03. The van der Waals surface area contributed by atoms with Crippen molar-refractivity contribution in [3.63, 3.8) is 0 Å². The number of rotatable bonds is 2. The number of carboxylic acid groups (broad SMARTS) is 1. The number of anilines is 2. The minimum Gasteiger partial charge on any atom is -0.465 e. The molecule has 2 atom stereocenters. The van der Waals surface area contributed by atoms with E-state index in [1.807, 2.05) is 25.1 Å². The zero-order chi connectivity index (χ0) is 19.1. The number of aryl methyl sites for hydroxylation is 1. The fourth-order valence-corrected chi connectivity index (χ4v) is 4.25. The molecule has 1 aliphatic heterocycles. The number of nitrogens with one attached hydrogen (secondary N) is 2. The summed E-state index contributed by atoms with van der Waals surface area (Å²) in [6.45, 7) is 2.76. The predicted octanol–water partition coefficient (Wildman–Crippen LogP) is 2.14. The van der Waals surface area contributed by atoms with Gasteiger partial charge < -0.3 is 21.5 Å². The highest BCUT2D eigenvalue weighted by Crippen LogP contribution is 2.36.